The molecular weight excluding hydrogens is 275 g/mol. The van der Waals surface area contributed by atoms with Gasteiger partial charge in [0.1, 0.15) is 0 Å². The van der Waals surface area contributed by atoms with Gasteiger partial charge in [-0.2, -0.15) is 0 Å². The number of benzene rings is 1. The predicted molar refractivity (Wildman–Crippen MR) is 74.1 cm³/mol. The van der Waals surface area contributed by atoms with Crippen LogP contribution < -0.4 is 0 Å². The Balaban J connectivity index is 2.14. The lowest BCUT2D eigenvalue weighted by Crippen LogP contribution is -1.92. The fourth-order valence-electron chi connectivity index (χ4n) is 1.29. The molecule has 0 radical (unpaired) electrons. The second-order valence-corrected chi connectivity index (χ2v) is 5.13. The van der Waals surface area contributed by atoms with E-state index >= 15 is 0 Å². The van der Waals surface area contributed by atoms with Crippen molar-refractivity contribution in [3.8, 4) is 0 Å². The van der Waals surface area contributed by atoms with Gasteiger partial charge in [-0.3, -0.25) is 4.79 Å². The van der Waals surface area contributed by atoms with Crippen molar-refractivity contribution >= 4 is 46.4 Å². The zero-order valence-electron chi connectivity index (χ0n) is 8.69. The van der Waals surface area contributed by atoms with E-state index < -0.39 is 0 Å². The number of thiophene rings is 1. The molecule has 0 bridgehead atoms. The van der Waals surface area contributed by atoms with Crippen LogP contribution in [0.15, 0.2) is 41.8 Å². The summed E-state index contributed by atoms with van der Waals surface area (Å²) >= 11 is 13.2. The zero-order chi connectivity index (χ0) is 12.3. The highest BCUT2D eigenvalue weighted by molar-refractivity contribution is 7.11. The molecule has 86 valence electrons. The monoisotopic (exact) mass is 282 g/mol. The standard InChI is InChI=1S/C13H8Cl2OS/c14-10-3-1-9(2-4-10)12(16)5-6-13-11(15)7-8-17-13/h1-8H. The Hall–Kier alpha value is -1.09. The molecule has 0 N–H and O–H groups in total. The first-order chi connectivity index (χ1) is 8.16. The Morgan fingerprint density at radius 3 is 2.41 bits per heavy atom. The maximum Gasteiger partial charge on any atom is 0.185 e. The third-order valence-electron chi connectivity index (χ3n) is 2.16. The fraction of sp³-hybridized carbons (Fsp3) is 0. The SMILES string of the molecule is O=C(C=Cc1sccc1Cl)c1ccc(Cl)cc1. The Kier molecular flexibility index (Phi) is 4.00. The first kappa shape index (κ1) is 12.4. The first-order valence-electron chi connectivity index (χ1n) is 4.88. The molecule has 2 rings (SSSR count). The molecular formula is C13H8Cl2OS. The third-order valence-corrected chi connectivity index (χ3v) is 3.74. The highest BCUT2D eigenvalue weighted by atomic mass is 35.5. The predicted octanol–water partition coefficient (Wildman–Crippen LogP) is 4.95. The van der Waals surface area contributed by atoms with Gasteiger partial charge in [-0.15, -0.1) is 11.3 Å². The number of hydrogen-bond acceptors (Lipinski definition) is 2. The van der Waals surface area contributed by atoms with Gasteiger partial charge in [0.15, 0.2) is 5.78 Å². The van der Waals surface area contributed by atoms with Gasteiger partial charge >= 0.3 is 0 Å². The van der Waals surface area contributed by atoms with Gasteiger partial charge in [-0.1, -0.05) is 23.2 Å². The molecule has 0 amide bonds. The number of allylic oxidation sites excluding steroid dienone is 1. The van der Waals surface area contributed by atoms with Crippen LogP contribution in [0.1, 0.15) is 15.2 Å². The molecule has 2 aromatic rings. The van der Waals surface area contributed by atoms with Crippen molar-refractivity contribution in [2.45, 2.75) is 0 Å². The summed E-state index contributed by atoms with van der Waals surface area (Å²) in [6.07, 6.45) is 3.24. The maximum atomic E-state index is 11.8. The van der Waals surface area contributed by atoms with Gasteiger partial charge in [-0.05, 0) is 47.9 Å². The molecule has 17 heavy (non-hydrogen) atoms. The highest BCUT2D eigenvalue weighted by Gasteiger charge is 2.02. The second-order valence-electron chi connectivity index (χ2n) is 3.34. The minimum atomic E-state index is -0.0638. The van der Waals surface area contributed by atoms with E-state index in [1.54, 1.807) is 36.4 Å². The van der Waals surface area contributed by atoms with Crippen LogP contribution in [-0.2, 0) is 0 Å². The Bertz CT molecular complexity index is 555. The Morgan fingerprint density at radius 2 is 1.82 bits per heavy atom. The molecule has 0 saturated heterocycles. The number of rotatable bonds is 3. The molecule has 0 aliphatic rings. The summed E-state index contributed by atoms with van der Waals surface area (Å²) in [5.41, 5.74) is 0.610. The van der Waals surface area contributed by atoms with E-state index in [0.717, 1.165) is 4.88 Å². The van der Waals surface area contributed by atoms with Crippen LogP contribution in [-0.4, -0.2) is 5.78 Å². The summed E-state index contributed by atoms with van der Waals surface area (Å²) in [6.45, 7) is 0. The molecule has 0 aliphatic heterocycles. The van der Waals surface area contributed by atoms with Crippen molar-refractivity contribution in [3.05, 3.63) is 62.3 Å². The van der Waals surface area contributed by atoms with E-state index in [0.29, 0.717) is 15.6 Å². The van der Waals surface area contributed by atoms with Crippen LogP contribution in [0.25, 0.3) is 6.08 Å². The maximum absolute atomic E-state index is 11.8. The summed E-state index contributed by atoms with van der Waals surface area (Å²) in [5.74, 6) is -0.0638. The minimum Gasteiger partial charge on any atom is -0.289 e. The van der Waals surface area contributed by atoms with Crippen molar-refractivity contribution in [1.29, 1.82) is 0 Å². The molecule has 1 nitrogen and oxygen atoms in total. The molecule has 0 fully saturated rings. The topological polar surface area (TPSA) is 17.1 Å². The Labute approximate surface area is 113 Å². The van der Waals surface area contributed by atoms with Gasteiger partial charge in [0.25, 0.3) is 0 Å². The van der Waals surface area contributed by atoms with Crippen LogP contribution >= 0.6 is 34.5 Å². The largest absolute Gasteiger partial charge is 0.289 e. The first-order valence-corrected chi connectivity index (χ1v) is 6.51. The van der Waals surface area contributed by atoms with Gasteiger partial charge in [-0.25, -0.2) is 0 Å². The summed E-state index contributed by atoms with van der Waals surface area (Å²) in [5, 5.41) is 3.16. The molecule has 0 unspecified atom stereocenters. The third kappa shape index (κ3) is 3.19. The molecule has 1 aromatic carbocycles. The minimum absolute atomic E-state index is 0.0638. The summed E-state index contributed by atoms with van der Waals surface area (Å²) in [7, 11) is 0. The zero-order valence-corrected chi connectivity index (χ0v) is 11.0. The smallest absolute Gasteiger partial charge is 0.185 e. The van der Waals surface area contributed by atoms with Gasteiger partial charge < -0.3 is 0 Å². The van der Waals surface area contributed by atoms with E-state index in [1.807, 2.05) is 5.38 Å². The van der Waals surface area contributed by atoms with Crippen LogP contribution in [0.3, 0.4) is 0 Å². The van der Waals surface area contributed by atoms with Gasteiger partial charge in [0.2, 0.25) is 0 Å². The van der Waals surface area contributed by atoms with Crippen LogP contribution in [0.5, 0.6) is 0 Å². The van der Waals surface area contributed by atoms with Crippen molar-refractivity contribution in [2.24, 2.45) is 0 Å². The second kappa shape index (κ2) is 5.50. The van der Waals surface area contributed by atoms with Crippen molar-refractivity contribution < 1.29 is 4.79 Å². The summed E-state index contributed by atoms with van der Waals surface area (Å²) in [4.78, 5) is 12.7. The van der Waals surface area contributed by atoms with Crippen molar-refractivity contribution in [1.82, 2.24) is 0 Å². The highest BCUT2D eigenvalue weighted by Crippen LogP contribution is 2.23. The summed E-state index contributed by atoms with van der Waals surface area (Å²) in [6, 6.07) is 8.59. The fourth-order valence-corrected chi connectivity index (χ4v) is 2.42. The van der Waals surface area contributed by atoms with E-state index in [4.69, 9.17) is 23.2 Å². The van der Waals surface area contributed by atoms with E-state index in [9.17, 15) is 4.79 Å². The number of ketones is 1. The van der Waals surface area contributed by atoms with E-state index in [-0.39, 0.29) is 5.78 Å². The number of carbonyl (C=O) groups is 1. The number of halogens is 2. The van der Waals surface area contributed by atoms with Crippen LogP contribution in [0.4, 0.5) is 0 Å². The summed E-state index contributed by atoms with van der Waals surface area (Å²) < 4.78 is 0. The molecule has 1 heterocycles. The Morgan fingerprint density at radius 1 is 1.12 bits per heavy atom. The molecule has 4 heteroatoms. The van der Waals surface area contributed by atoms with Gasteiger partial charge in [0, 0.05) is 15.5 Å². The molecule has 0 saturated carbocycles. The van der Waals surface area contributed by atoms with Gasteiger partial charge in [0.05, 0.1) is 5.02 Å². The normalized spacial score (nSPS) is 10.9. The van der Waals surface area contributed by atoms with Crippen LogP contribution in [0.2, 0.25) is 10.0 Å². The lowest BCUT2D eigenvalue weighted by atomic mass is 10.1. The average Bonchev–Trinajstić information content (AvgIpc) is 2.73. The molecule has 1 aromatic heterocycles. The quantitative estimate of drug-likeness (QED) is 0.575. The lowest BCUT2D eigenvalue weighted by Gasteiger charge is -1.95. The van der Waals surface area contributed by atoms with Crippen molar-refractivity contribution in [3.63, 3.8) is 0 Å². The van der Waals surface area contributed by atoms with Crippen molar-refractivity contribution in [2.75, 3.05) is 0 Å². The molecule has 0 spiro atoms. The van der Waals surface area contributed by atoms with E-state index in [2.05, 4.69) is 0 Å². The van der Waals surface area contributed by atoms with E-state index in [1.165, 1.54) is 17.4 Å². The molecule has 0 atom stereocenters. The molecule has 0 aliphatic carbocycles. The average molecular weight is 283 g/mol. The van der Waals surface area contributed by atoms with Crippen LogP contribution in [0, 0.1) is 0 Å². The number of carbonyl (C=O) groups excluding carboxylic acids is 1. The lowest BCUT2D eigenvalue weighted by molar-refractivity contribution is 0.104. The number of hydrogen-bond donors (Lipinski definition) is 0.